The van der Waals surface area contributed by atoms with E-state index in [1.807, 2.05) is 11.9 Å². The second-order valence-electron chi connectivity index (χ2n) is 2.74. The Labute approximate surface area is 73.1 Å². The second-order valence-corrected chi connectivity index (χ2v) is 4.61. The van der Waals surface area contributed by atoms with Crippen molar-refractivity contribution in [3.05, 3.63) is 0 Å². The maximum Gasteiger partial charge on any atom is 0.0509 e. The fraction of sp³-hybridized carbons (Fsp3) is 1.00. The lowest BCUT2D eigenvalue weighted by atomic mass is 10.3. The third-order valence-electron chi connectivity index (χ3n) is 2.10. The van der Waals surface area contributed by atoms with Gasteiger partial charge >= 0.3 is 0 Å². The van der Waals surface area contributed by atoms with Gasteiger partial charge in [-0.25, -0.2) is 4.31 Å². The van der Waals surface area contributed by atoms with Crippen LogP contribution in [0, 0.1) is 0 Å². The van der Waals surface area contributed by atoms with Crippen LogP contribution in [0.15, 0.2) is 0 Å². The van der Waals surface area contributed by atoms with Crippen LogP contribution < -0.4 is 0 Å². The van der Waals surface area contributed by atoms with E-state index < -0.39 is 0 Å². The molecule has 0 radical (unpaired) electrons. The first kappa shape index (κ1) is 8.75. The molecule has 0 amide bonds. The first-order chi connectivity index (χ1) is 4.84. The van der Waals surface area contributed by atoms with Crippen molar-refractivity contribution in [3.8, 4) is 0 Å². The van der Waals surface area contributed by atoms with Crippen molar-refractivity contribution < 1.29 is 0 Å². The van der Waals surface area contributed by atoms with E-state index in [9.17, 15) is 0 Å². The molecule has 0 spiro atoms. The van der Waals surface area contributed by atoms with Crippen LogP contribution in [0.5, 0.6) is 0 Å². The van der Waals surface area contributed by atoms with Gasteiger partial charge in [-0.2, -0.15) is 12.6 Å². The summed E-state index contributed by atoms with van der Waals surface area (Å²) in [4.78, 5) is 0. The molecule has 0 aromatic heterocycles. The number of hydrogen-bond donors (Lipinski definition) is 1. The van der Waals surface area contributed by atoms with Crippen LogP contribution in [0.25, 0.3) is 0 Å². The Balaban J connectivity index is 2.18. The van der Waals surface area contributed by atoms with Gasteiger partial charge < -0.3 is 0 Å². The molecule has 1 rings (SSSR count). The summed E-state index contributed by atoms with van der Waals surface area (Å²) in [5.41, 5.74) is 0. The standard InChI is InChI=1S/C7H15NS2/c1-8(10-6-9)7-4-2-3-5-7/h7,9H,2-6H2,1H3. The van der Waals surface area contributed by atoms with Crippen molar-refractivity contribution in [2.75, 3.05) is 12.1 Å². The third kappa shape index (κ3) is 2.36. The van der Waals surface area contributed by atoms with E-state index in [1.54, 1.807) is 0 Å². The fourth-order valence-corrected chi connectivity index (χ4v) is 2.61. The summed E-state index contributed by atoms with van der Waals surface area (Å²) < 4.78 is 2.36. The molecule has 60 valence electrons. The largest absolute Gasteiger partial charge is 0.250 e. The van der Waals surface area contributed by atoms with Crippen LogP contribution in [0.2, 0.25) is 0 Å². The highest BCUT2D eigenvalue weighted by Gasteiger charge is 2.18. The molecule has 3 heteroatoms. The fourth-order valence-electron chi connectivity index (χ4n) is 1.46. The van der Waals surface area contributed by atoms with Gasteiger partial charge in [-0.3, -0.25) is 0 Å². The minimum absolute atomic E-state index is 0.831. The number of rotatable bonds is 3. The summed E-state index contributed by atoms with van der Waals surface area (Å²) in [6.45, 7) is 0. The maximum atomic E-state index is 4.17. The molecule has 1 fully saturated rings. The molecular formula is C7H15NS2. The molecule has 0 aromatic carbocycles. The van der Waals surface area contributed by atoms with E-state index in [2.05, 4.69) is 24.0 Å². The molecule has 0 heterocycles. The van der Waals surface area contributed by atoms with E-state index in [0.29, 0.717) is 0 Å². The first-order valence-corrected chi connectivity index (χ1v) is 5.38. The normalized spacial score (nSPS) is 20.7. The summed E-state index contributed by atoms with van der Waals surface area (Å²) in [7, 11) is 2.18. The molecule has 0 saturated heterocycles. The van der Waals surface area contributed by atoms with Crippen LogP contribution in [0.1, 0.15) is 25.7 Å². The number of nitrogens with zero attached hydrogens (tertiary/aromatic N) is 1. The van der Waals surface area contributed by atoms with E-state index >= 15 is 0 Å². The van der Waals surface area contributed by atoms with Gasteiger partial charge in [-0.15, -0.1) is 0 Å². The molecule has 0 aliphatic heterocycles. The van der Waals surface area contributed by atoms with Crippen LogP contribution in [-0.4, -0.2) is 22.5 Å². The molecule has 0 aromatic rings. The highest BCUT2D eigenvalue weighted by atomic mass is 32.2. The Morgan fingerprint density at radius 1 is 1.50 bits per heavy atom. The molecule has 0 atom stereocenters. The SMILES string of the molecule is CN(SCS)C1CCCC1. The maximum absolute atomic E-state index is 4.17. The zero-order valence-electron chi connectivity index (χ0n) is 6.42. The van der Waals surface area contributed by atoms with Crippen LogP contribution >= 0.6 is 24.6 Å². The van der Waals surface area contributed by atoms with Crippen molar-refractivity contribution in [3.63, 3.8) is 0 Å². The van der Waals surface area contributed by atoms with E-state index in [-0.39, 0.29) is 0 Å². The Kier molecular flexibility index (Phi) is 3.96. The van der Waals surface area contributed by atoms with E-state index in [1.165, 1.54) is 25.7 Å². The van der Waals surface area contributed by atoms with Crippen LogP contribution in [-0.2, 0) is 0 Å². The van der Waals surface area contributed by atoms with E-state index in [0.717, 1.165) is 11.1 Å². The smallest absolute Gasteiger partial charge is 0.0509 e. The van der Waals surface area contributed by atoms with Gasteiger partial charge in [-0.1, -0.05) is 24.8 Å². The van der Waals surface area contributed by atoms with Crippen LogP contribution in [0.4, 0.5) is 0 Å². The zero-order valence-corrected chi connectivity index (χ0v) is 8.13. The van der Waals surface area contributed by atoms with Gasteiger partial charge in [0, 0.05) is 6.04 Å². The van der Waals surface area contributed by atoms with E-state index in [4.69, 9.17) is 0 Å². The third-order valence-corrected chi connectivity index (χ3v) is 3.27. The van der Waals surface area contributed by atoms with Crippen molar-refractivity contribution >= 4 is 24.6 Å². The molecule has 1 nitrogen and oxygen atoms in total. The number of hydrogen-bond acceptors (Lipinski definition) is 3. The molecule has 0 bridgehead atoms. The lowest BCUT2D eigenvalue weighted by molar-refractivity contribution is 0.417. The molecule has 1 aliphatic carbocycles. The Hall–Kier alpha value is 0.660. The van der Waals surface area contributed by atoms with Crippen molar-refractivity contribution in [2.24, 2.45) is 0 Å². The highest BCUT2D eigenvalue weighted by Crippen LogP contribution is 2.26. The van der Waals surface area contributed by atoms with Gasteiger partial charge in [0.2, 0.25) is 0 Å². The van der Waals surface area contributed by atoms with Gasteiger partial charge in [0.05, 0.1) is 5.08 Å². The van der Waals surface area contributed by atoms with Crippen molar-refractivity contribution in [1.29, 1.82) is 0 Å². The summed E-state index contributed by atoms with van der Waals surface area (Å²) in [6, 6.07) is 0.831. The summed E-state index contributed by atoms with van der Waals surface area (Å²) in [5.74, 6) is 0. The molecule has 0 N–H and O–H groups in total. The lowest BCUT2D eigenvalue weighted by Gasteiger charge is -2.21. The number of thiol groups is 1. The minimum atomic E-state index is 0.831. The molecule has 1 aliphatic rings. The predicted molar refractivity (Wildman–Crippen MR) is 51.5 cm³/mol. The monoisotopic (exact) mass is 177 g/mol. The predicted octanol–water partition coefficient (Wildman–Crippen LogP) is 2.40. The molecule has 1 saturated carbocycles. The van der Waals surface area contributed by atoms with Crippen molar-refractivity contribution in [2.45, 2.75) is 31.7 Å². The van der Waals surface area contributed by atoms with Gasteiger partial charge in [-0.05, 0) is 19.9 Å². The lowest BCUT2D eigenvalue weighted by Crippen LogP contribution is -2.22. The average molecular weight is 177 g/mol. The zero-order chi connectivity index (χ0) is 7.40. The molecule has 0 unspecified atom stereocenters. The quantitative estimate of drug-likeness (QED) is 0.400. The Morgan fingerprint density at radius 2 is 2.10 bits per heavy atom. The Bertz CT molecular complexity index is 91.6. The summed E-state index contributed by atoms with van der Waals surface area (Å²) in [6.07, 6.45) is 5.61. The van der Waals surface area contributed by atoms with Gasteiger partial charge in [0.15, 0.2) is 0 Å². The highest BCUT2D eigenvalue weighted by molar-refractivity contribution is 8.07. The van der Waals surface area contributed by atoms with Crippen molar-refractivity contribution in [1.82, 2.24) is 4.31 Å². The van der Waals surface area contributed by atoms with Crippen LogP contribution in [0.3, 0.4) is 0 Å². The average Bonchev–Trinajstić information content (AvgIpc) is 2.38. The summed E-state index contributed by atoms with van der Waals surface area (Å²) in [5, 5.41) is 0.910. The molecule has 10 heavy (non-hydrogen) atoms. The van der Waals surface area contributed by atoms with Gasteiger partial charge in [0.25, 0.3) is 0 Å². The Morgan fingerprint density at radius 3 is 2.60 bits per heavy atom. The topological polar surface area (TPSA) is 3.24 Å². The second kappa shape index (κ2) is 4.52. The van der Waals surface area contributed by atoms with Gasteiger partial charge in [0.1, 0.15) is 0 Å². The first-order valence-electron chi connectivity index (χ1n) is 3.81. The summed E-state index contributed by atoms with van der Waals surface area (Å²) >= 11 is 6.00. The molecular weight excluding hydrogens is 162 g/mol. The minimum Gasteiger partial charge on any atom is -0.250 e.